The zero-order valence-corrected chi connectivity index (χ0v) is 15.2. The molecule has 4 heteroatoms. The van der Waals surface area contributed by atoms with Gasteiger partial charge in [-0.3, -0.25) is 4.79 Å². The monoisotopic (exact) mass is 349 g/mol. The number of likely N-dealkylation sites (tertiary alicyclic amines) is 1. The molecule has 2 aromatic rings. The van der Waals surface area contributed by atoms with E-state index in [2.05, 4.69) is 32.0 Å². The third kappa shape index (κ3) is 2.90. The maximum atomic E-state index is 13.1. The van der Waals surface area contributed by atoms with Gasteiger partial charge < -0.3 is 9.64 Å². The van der Waals surface area contributed by atoms with E-state index < -0.39 is 12.1 Å². The standard InChI is InChI=1S/C22H23NO3/c1-14-9-10-17(12-15(14)2)19-8-5-11-23(19)21(24)20-13-16-6-3-4-7-18(16)22(25)26-20/h3-4,6-7,9-10,12,19-20H,5,8,11,13H2,1-2H3. The molecule has 1 fully saturated rings. The lowest BCUT2D eigenvalue weighted by molar-refractivity contribution is -0.142. The molecule has 0 spiro atoms. The summed E-state index contributed by atoms with van der Waals surface area (Å²) in [6.45, 7) is 4.90. The lowest BCUT2D eigenvalue weighted by atomic mass is 9.96. The van der Waals surface area contributed by atoms with Crippen LogP contribution in [0.1, 0.15) is 51.5 Å². The summed E-state index contributed by atoms with van der Waals surface area (Å²) in [6.07, 6.45) is 1.66. The first-order valence-electron chi connectivity index (χ1n) is 9.21. The molecule has 0 saturated carbocycles. The highest BCUT2D eigenvalue weighted by Crippen LogP contribution is 2.34. The Labute approximate surface area is 153 Å². The number of hydrogen-bond donors (Lipinski definition) is 0. The normalized spacial score (nSPS) is 22.1. The maximum absolute atomic E-state index is 13.1. The van der Waals surface area contributed by atoms with E-state index in [9.17, 15) is 9.59 Å². The van der Waals surface area contributed by atoms with E-state index in [0.717, 1.165) is 18.4 Å². The first kappa shape index (κ1) is 16.8. The van der Waals surface area contributed by atoms with Crippen molar-refractivity contribution in [1.29, 1.82) is 0 Å². The first-order valence-corrected chi connectivity index (χ1v) is 9.21. The van der Waals surface area contributed by atoms with Gasteiger partial charge in [0, 0.05) is 13.0 Å². The molecule has 4 rings (SSSR count). The summed E-state index contributed by atoms with van der Waals surface area (Å²) in [5, 5.41) is 0. The summed E-state index contributed by atoms with van der Waals surface area (Å²) < 4.78 is 5.48. The molecule has 2 unspecified atom stereocenters. The quantitative estimate of drug-likeness (QED) is 0.776. The Balaban J connectivity index is 1.57. The molecule has 4 nitrogen and oxygen atoms in total. The number of esters is 1. The van der Waals surface area contributed by atoms with Gasteiger partial charge in [0.1, 0.15) is 0 Å². The highest BCUT2D eigenvalue weighted by molar-refractivity contribution is 5.96. The molecule has 0 radical (unpaired) electrons. The predicted molar refractivity (Wildman–Crippen MR) is 99.0 cm³/mol. The van der Waals surface area contributed by atoms with Crippen LogP contribution in [0.3, 0.4) is 0 Å². The molecule has 0 bridgehead atoms. The zero-order chi connectivity index (χ0) is 18.3. The van der Waals surface area contributed by atoms with Gasteiger partial charge in [0.05, 0.1) is 11.6 Å². The second-order valence-electron chi connectivity index (χ2n) is 7.29. The van der Waals surface area contributed by atoms with E-state index in [0.29, 0.717) is 18.5 Å². The van der Waals surface area contributed by atoms with Crippen molar-refractivity contribution in [3.05, 3.63) is 70.3 Å². The SMILES string of the molecule is Cc1ccc(C2CCCN2C(=O)C2Cc3ccccc3C(=O)O2)cc1C. The Bertz CT molecular complexity index is 873. The molecule has 0 aromatic heterocycles. The molecule has 0 N–H and O–H groups in total. The molecule has 0 aliphatic carbocycles. The van der Waals surface area contributed by atoms with Crippen molar-refractivity contribution in [2.24, 2.45) is 0 Å². The molecular formula is C22H23NO3. The minimum Gasteiger partial charge on any atom is -0.448 e. The van der Waals surface area contributed by atoms with Crippen molar-refractivity contribution in [3.63, 3.8) is 0 Å². The maximum Gasteiger partial charge on any atom is 0.339 e. The number of carbonyl (C=O) groups is 2. The van der Waals surface area contributed by atoms with Crippen LogP contribution in [-0.2, 0) is 16.0 Å². The molecule has 1 amide bonds. The average Bonchev–Trinajstić information content (AvgIpc) is 3.13. The highest BCUT2D eigenvalue weighted by Gasteiger charge is 2.38. The Morgan fingerprint density at radius 3 is 2.73 bits per heavy atom. The van der Waals surface area contributed by atoms with Crippen LogP contribution in [-0.4, -0.2) is 29.4 Å². The minimum absolute atomic E-state index is 0.0673. The number of cyclic esters (lactones) is 1. The number of carbonyl (C=O) groups excluding carboxylic acids is 2. The number of aryl methyl sites for hydroxylation is 2. The van der Waals surface area contributed by atoms with E-state index >= 15 is 0 Å². The van der Waals surface area contributed by atoms with Gasteiger partial charge in [-0.05, 0) is 55.0 Å². The molecular weight excluding hydrogens is 326 g/mol. The Kier molecular flexibility index (Phi) is 4.27. The zero-order valence-electron chi connectivity index (χ0n) is 15.2. The van der Waals surface area contributed by atoms with Crippen molar-refractivity contribution in [3.8, 4) is 0 Å². The topological polar surface area (TPSA) is 46.6 Å². The van der Waals surface area contributed by atoms with Gasteiger partial charge in [0.25, 0.3) is 5.91 Å². The van der Waals surface area contributed by atoms with Crippen molar-refractivity contribution < 1.29 is 14.3 Å². The molecule has 134 valence electrons. The molecule has 2 aliphatic rings. The van der Waals surface area contributed by atoms with E-state index in [1.165, 1.54) is 16.7 Å². The summed E-state index contributed by atoms with van der Waals surface area (Å²) in [7, 11) is 0. The fraction of sp³-hybridized carbons (Fsp3) is 0.364. The van der Waals surface area contributed by atoms with E-state index in [4.69, 9.17) is 4.74 Å². The number of rotatable bonds is 2. The Morgan fingerprint density at radius 2 is 1.92 bits per heavy atom. The van der Waals surface area contributed by atoms with Crippen LogP contribution < -0.4 is 0 Å². The van der Waals surface area contributed by atoms with Crippen LogP contribution in [0.4, 0.5) is 0 Å². The fourth-order valence-electron chi connectivity index (χ4n) is 4.00. The molecule has 2 atom stereocenters. The van der Waals surface area contributed by atoms with Crippen molar-refractivity contribution >= 4 is 11.9 Å². The molecule has 26 heavy (non-hydrogen) atoms. The van der Waals surface area contributed by atoms with Crippen LogP contribution in [0.15, 0.2) is 42.5 Å². The van der Waals surface area contributed by atoms with Gasteiger partial charge in [-0.2, -0.15) is 0 Å². The molecule has 1 saturated heterocycles. The first-order chi connectivity index (χ1) is 12.5. The van der Waals surface area contributed by atoms with Gasteiger partial charge in [-0.1, -0.05) is 36.4 Å². The average molecular weight is 349 g/mol. The fourth-order valence-corrected chi connectivity index (χ4v) is 4.00. The van der Waals surface area contributed by atoms with Crippen molar-refractivity contribution in [2.75, 3.05) is 6.54 Å². The lowest BCUT2D eigenvalue weighted by Crippen LogP contribution is -2.44. The second-order valence-corrected chi connectivity index (χ2v) is 7.29. The van der Waals surface area contributed by atoms with Crippen molar-refractivity contribution in [2.45, 2.75) is 45.3 Å². The third-order valence-electron chi connectivity index (χ3n) is 5.62. The summed E-state index contributed by atoms with van der Waals surface area (Å²) in [5.41, 5.74) is 5.12. The molecule has 2 heterocycles. The van der Waals surface area contributed by atoms with E-state index in [1.54, 1.807) is 6.07 Å². The van der Waals surface area contributed by atoms with Gasteiger partial charge in [-0.15, -0.1) is 0 Å². The summed E-state index contributed by atoms with van der Waals surface area (Å²) in [5.74, 6) is -0.472. The van der Waals surface area contributed by atoms with Gasteiger partial charge >= 0.3 is 5.97 Å². The summed E-state index contributed by atoms with van der Waals surface area (Å²) >= 11 is 0. The van der Waals surface area contributed by atoms with Crippen molar-refractivity contribution in [1.82, 2.24) is 4.90 Å². The molecule has 2 aromatic carbocycles. The summed E-state index contributed by atoms with van der Waals surface area (Å²) in [4.78, 5) is 27.3. The smallest absolute Gasteiger partial charge is 0.339 e. The van der Waals surface area contributed by atoms with Crippen LogP contribution >= 0.6 is 0 Å². The minimum atomic E-state index is -0.718. The Hall–Kier alpha value is -2.62. The summed E-state index contributed by atoms with van der Waals surface area (Å²) in [6, 6.07) is 13.8. The number of nitrogens with zero attached hydrogens (tertiary/aromatic N) is 1. The van der Waals surface area contributed by atoms with Crippen LogP contribution in [0.5, 0.6) is 0 Å². The molecule has 2 aliphatic heterocycles. The highest BCUT2D eigenvalue weighted by atomic mass is 16.5. The van der Waals surface area contributed by atoms with Crippen LogP contribution in [0.25, 0.3) is 0 Å². The second kappa shape index (κ2) is 6.60. The number of hydrogen-bond acceptors (Lipinski definition) is 3. The van der Waals surface area contributed by atoms with Gasteiger partial charge in [0.15, 0.2) is 6.10 Å². The predicted octanol–water partition coefficient (Wildman–Crippen LogP) is 3.75. The third-order valence-corrected chi connectivity index (χ3v) is 5.62. The largest absolute Gasteiger partial charge is 0.448 e. The van der Waals surface area contributed by atoms with E-state index in [-0.39, 0.29) is 11.9 Å². The van der Waals surface area contributed by atoms with Crippen LogP contribution in [0, 0.1) is 13.8 Å². The number of amides is 1. The van der Waals surface area contributed by atoms with Crippen LogP contribution in [0.2, 0.25) is 0 Å². The van der Waals surface area contributed by atoms with Gasteiger partial charge in [-0.25, -0.2) is 4.79 Å². The lowest BCUT2D eigenvalue weighted by Gasteiger charge is -2.31. The van der Waals surface area contributed by atoms with E-state index in [1.807, 2.05) is 23.1 Å². The number of ether oxygens (including phenoxy) is 1. The Morgan fingerprint density at radius 1 is 1.12 bits per heavy atom. The number of benzene rings is 2. The number of fused-ring (bicyclic) bond motifs is 1. The van der Waals surface area contributed by atoms with Gasteiger partial charge in [0.2, 0.25) is 0 Å².